The molecule has 2 N–H and O–H groups in total. The summed E-state index contributed by atoms with van der Waals surface area (Å²) < 4.78 is 18.0. The maximum absolute atomic E-state index is 12.7. The van der Waals surface area contributed by atoms with Crippen molar-refractivity contribution in [2.24, 2.45) is 5.73 Å². The summed E-state index contributed by atoms with van der Waals surface area (Å²) in [4.78, 5) is 0. The number of nitrogens with two attached hydrogens (primary N) is 1. The highest BCUT2D eigenvalue weighted by Crippen LogP contribution is 2.18. The molecule has 0 amide bonds. The van der Waals surface area contributed by atoms with Gasteiger partial charge >= 0.3 is 0 Å². The van der Waals surface area contributed by atoms with Crippen molar-refractivity contribution in [3.8, 4) is 5.75 Å². The molecule has 0 saturated heterocycles. The first-order valence-corrected chi connectivity index (χ1v) is 4.00. The van der Waals surface area contributed by atoms with Crippen LogP contribution in [0.3, 0.4) is 0 Å². The Morgan fingerprint density at radius 2 is 2.31 bits per heavy atom. The molecular formula is C10H12FNO. The monoisotopic (exact) mass is 181 g/mol. The third-order valence-corrected chi connectivity index (χ3v) is 1.60. The van der Waals surface area contributed by atoms with Crippen LogP contribution in [-0.4, -0.2) is 6.61 Å². The van der Waals surface area contributed by atoms with Gasteiger partial charge in [-0.05, 0) is 18.2 Å². The Morgan fingerprint density at radius 3 is 2.92 bits per heavy atom. The average Bonchev–Trinajstić information content (AvgIpc) is 2.16. The Balaban J connectivity index is 2.85. The van der Waals surface area contributed by atoms with Gasteiger partial charge in [0, 0.05) is 12.1 Å². The Labute approximate surface area is 76.8 Å². The molecule has 0 aliphatic rings. The summed E-state index contributed by atoms with van der Waals surface area (Å²) in [6.07, 6.45) is 1.63. The van der Waals surface area contributed by atoms with Crippen LogP contribution in [0.2, 0.25) is 0 Å². The van der Waals surface area contributed by atoms with Crippen LogP contribution < -0.4 is 10.5 Å². The second kappa shape index (κ2) is 4.62. The van der Waals surface area contributed by atoms with Crippen molar-refractivity contribution in [2.45, 2.75) is 6.54 Å². The number of hydrogen-bond acceptors (Lipinski definition) is 2. The summed E-state index contributed by atoms with van der Waals surface area (Å²) in [5, 5.41) is 0. The van der Waals surface area contributed by atoms with Gasteiger partial charge in [0.2, 0.25) is 0 Å². The van der Waals surface area contributed by atoms with Crippen LogP contribution in [0.25, 0.3) is 0 Å². The van der Waals surface area contributed by atoms with Crippen LogP contribution >= 0.6 is 0 Å². The van der Waals surface area contributed by atoms with Gasteiger partial charge in [-0.15, -0.1) is 0 Å². The van der Waals surface area contributed by atoms with Gasteiger partial charge in [-0.1, -0.05) is 12.7 Å². The first kappa shape index (κ1) is 9.74. The van der Waals surface area contributed by atoms with Gasteiger partial charge in [-0.25, -0.2) is 4.39 Å². The standard InChI is InChI=1S/C10H12FNO/c1-2-5-13-10-4-3-9(11)6-8(10)7-12/h2-4,6H,1,5,7,12H2. The SMILES string of the molecule is C=CCOc1ccc(F)cc1CN. The molecule has 3 heteroatoms. The van der Waals surface area contributed by atoms with Gasteiger partial charge in [0.15, 0.2) is 0 Å². The number of halogens is 1. The van der Waals surface area contributed by atoms with Gasteiger partial charge < -0.3 is 10.5 Å². The van der Waals surface area contributed by atoms with E-state index in [1.54, 1.807) is 12.1 Å². The van der Waals surface area contributed by atoms with E-state index in [1.165, 1.54) is 12.1 Å². The van der Waals surface area contributed by atoms with Crippen LogP contribution in [0.4, 0.5) is 4.39 Å². The quantitative estimate of drug-likeness (QED) is 0.719. The summed E-state index contributed by atoms with van der Waals surface area (Å²) in [6, 6.07) is 4.29. The molecule has 0 aromatic heterocycles. The van der Waals surface area contributed by atoms with Crippen LogP contribution in [0, 0.1) is 5.82 Å². The Hall–Kier alpha value is -1.35. The number of rotatable bonds is 4. The molecule has 1 rings (SSSR count). The maximum Gasteiger partial charge on any atom is 0.124 e. The fraction of sp³-hybridized carbons (Fsp3) is 0.200. The van der Waals surface area contributed by atoms with Gasteiger partial charge in [-0.2, -0.15) is 0 Å². The van der Waals surface area contributed by atoms with Crippen LogP contribution in [0.5, 0.6) is 5.75 Å². The van der Waals surface area contributed by atoms with E-state index in [-0.39, 0.29) is 12.4 Å². The zero-order valence-electron chi connectivity index (χ0n) is 7.29. The highest BCUT2D eigenvalue weighted by Gasteiger charge is 2.02. The molecule has 70 valence electrons. The van der Waals surface area contributed by atoms with Crippen LogP contribution in [-0.2, 0) is 6.54 Å². The fourth-order valence-corrected chi connectivity index (χ4v) is 0.997. The van der Waals surface area contributed by atoms with Crippen molar-refractivity contribution in [1.82, 2.24) is 0 Å². The second-order valence-corrected chi connectivity index (χ2v) is 2.56. The molecule has 1 aromatic carbocycles. The zero-order valence-corrected chi connectivity index (χ0v) is 7.29. The van der Waals surface area contributed by atoms with Crippen LogP contribution in [0.15, 0.2) is 30.9 Å². The largest absolute Gasteiger partial charge is 0.489 e. The lowest BCUT2D eigenvalue weighted by atomic mass is 10.2. The van der Waals surface area contributed by atoms with E-state index in [9.17, 15) is 4.39 Å². The molecule has 0 saturated carbocycles. The predicted octanol–water partition coefficient (Wildman–Crippen LogP) is 1.85. The lowest BCUT2D eigenvalue weighted by Gasteiger charge is -2.07. The second-order valence-electron chi connectivity index (χ2n) is 2.56. The molecule has 2 nitrogen and oxygen atoms in total. The van der Waals surface area contributed by atoms with E-state index in [0.717, 1.165) is 0 Å². The van der Waals surface area contributed by atoms with Crippen molar-refractivity contribution in [1.29, 1.82) is 0 Å². The molecule has 0 aliphatic carbocycles. The first-order valence-electron chi connectivity index (χ1n) is 4.00. The highest BCUT2D eigenvalue weighted by molar-refractivity contribution is 5.33. The van der Waals surface area contributed by atoms with Crippen molar-refractivity contribution in [3.63, 3.8) is 0 Å². The molecule has 0 atom stereocenters. The molecule has 13 heavy (non-hydrogen) atoms. The van der Waals surface area contributed by atoms with Crippen molar-refractivity contribution < 1.29 is 9.13 Å². The molecule has 0 aliphatic heterocycles. The maximum atomic E-state index is 12.7. The molecular weight excluding hydrogens is 169 g/mol. The van der Waals surface area contributed by atoms with E-state index in [0.29, 0.717) is 17.9 Å². The topological polar surface area (TPSA) is 35.2 Å². The minimum absolute atomic E-state index is 0.268. The van der Waals surface area contributed by atoms with E-state index >= 15 is 0 Å². The number of hydrogen-bond donors (Lipinski definition) is 1. The Bertz CT molecular complexity index is 299. The zero-order chi connectivity index (χ0) is 9.68. The number of benzene rings is 1. The summed E-state index contributed by atoms with van der Waals surface area (Å²) in [5.74, 6) is 0.315. The van der Waals surface area contributed by atoms with E-state index in [4.69, 9.17) is 10.5 Å². The fourth-order valence-electron chi connectivity index (χ4n) is 0.997. The van der Waals surface area contributed by atoms with Crippen molar-refractivity contribution in [2.75, 3.05) is 6.61 Å². The minimum Gasteiger partial charge on any atom is -0.489 e. The van der Waals surface area contributed by atoms with Crippen molar-refractivity contribution in [3.05, 3.63) is 42.2 Å². The van der Waals surface area contributed by atoms with Gasteiger partial charge in [0.1, 0.15) is 18.2 Å². The lowest BCUT2D eigenvalue weighted by Crippen LogP contribution is -2.02. The normalized spacial score (nSPS) is 9.69. The third-order valence-electron chi connectivity index (χ3n) is 1.60. The summed E-state index contributed by atoms with van der Waals surface area (Å²) >= 11 is 0. The van der Waals surface area contributed by atoms with Gasteiger partial charge in [-0.3, -0.25) is 0 Å². The van der Waals surface area contributed by atoms with E-state index in [2.05, 4.69) is 6.58 Å². The Kier molecular flexibility index (Phi) is 3.46. The highest BCUT2D eigenvalue weighted by atomic mass is 19.1. The van der Waals surface area contributed by atoms with Crippen molar-refractivity contribution >= 4 is 0 Å². The predicted molar refractivity (Wildman–Crippen MR) is 50.0 cm³/mol. The minimum atomic E-state index is -0.300. The molecule has 0 unspecified atom stereocenters. The molecule has 0 heterocycles. The number of ether oxygens (including phenoxy) is 1. The smallest absolute Gasteiger partial charge is 0.124 e. The average molecular weight is 181 g/mol. The lowest BCUT2D eigenvalue weighted by molar-refractivity contribution is 0.358. The van der Waals surface area contributed by atoms with E-state index < -0.39 is 0 Å². The molecule has 1 aromatic rings. The van der Waals surface area contributed by atoms with E-state index in [1.807, 2.05) is 0 Å². The first-order chi connectivity index (χ1) is 6.27. The Morgan fingerprint density at radius 1 is 1.54 bits per heavy atom. The molecule has 0 spiro atoms. The van der Waals surface area contributed by atoms with Gasteiger partial charge in [0.25, 0.3) is 0 Å². The molecule has 0 fully saturated rings. The van der Waals surface area contributed by atoms with Gasteiger partial charge in [0.05, 0.1) is 0 Å². The third kappa shape index (κ3) is 2.56. The molecule has 0 radical (unpaired) electrons. The van der Waals surface area contributed by atoms with Crippen LogP contribution in [0.1, 0.15) is 5.56 Å². The summed E-state index contributed by atoms with van der Waals surface area (Å²) in [5.41, 5.74) is 6.09. The summed E-state index contributed by atoms with van der Waals surface area (Å²) in [7, 11) is 0. The summed E-state index contributed by atoms with van der Waals surface area (Å²) in [6.45, 7) is 4.19. The molecule has 0 bridgehead atoms.